The van der Waals surface area contributed by atoms with Crippen LogP contribution in [0.3, 0.4) is 0 Å². The van der Waals surface area contributed by atoms with Gasteiger partial charge in [0, 0.05) is 26.1 Å². The summed E-state index contributed by atoms with van der Waals surface area (Å²) in [7, 11) is 1.75. The number of aliphatic hydroxyl groups excluding tert-OH is 1. The van der Waals surface area contributed by atoms with Gasteiger partial charge < -0.3 is 15.7 Å². The number of rotatable bonds is 5. The van der Waals surface area contributed by atoms with E-state index in [4.69, 9.17) is 10.8 Å². The molecule has 0 saturated carbocycles. The third kappa shape index (κ3) is 6.08. The molecule has 0 radical (unpaired) electrons. The smallest absolute Gasteiger partial charge is 0.223 e. The minimum Gasteiger partial charge on any atom is -0.393 e. The van der Waals surface area contributed by atoms with Gasteiger partial charge in [0.2, 0.25) is 5.91 Å². The van der Waals surface area contributed by atoms with Crippen LogP contribution in [0.5, 0.6) is 0 Å². The summed E-state index contributed by atoms with van der Waals surface area (Å²) < 4.78 is 0. The lowest BCUT2D eigenvalue weighted by Crippen LogP contribution is -2.41. The maximum absolute atomic E-state index is 11.8. The molecule has 1 amide bonds. The minimum atomic E-state index is -0.369. The quantitative estimate of drug-likeness (QED) is 0.740. The Kier molecular flexibility index (Phi) is 5.97. The Morgan fingerprint density at radius 1 is 1.44 bits per heavy atom. The average molecular weight is 230 g/mol. The normalized spacial score (nSPS) is 15.7. The molecule has 0 aliphatic heterocycles. The van der Waals surface area contributed by atoms with Gasteiger partial charge in [0.15, 0.2) is 0 Å². The molecule has 4 heteroatoms. The van der Waals surface area contributed by atoms with Crippen molar-refractivity contribution in [2.45, 2.75) is 52.7 Å². The van der Waals surface area contributed by atoms with Crippen molar-refractivity contribution in [3.8, 4) is 0 Å². The highest BCUT2D eigenvalue weighted by atomic mass is 16.3. The van der Waals surface area contributed by atoms with Gasteiger partial charge >= 0.3 is 0 Å². The van der Waals surface area contributed by atoms with Gasteiger partial charge in [-0.05, 0) is 18.8 Å². The van der Waals surface area contributed by atoms with Gasteiger partial charge in [-0.15, -0.1) is 0 Å². The first-order valence-corrected chi connectivity index (χ1v) is 5.82. The van der Waals surface area contributed by atoms with E-state index in [2.05, 4.69) is 0 Å². The summed E-state index contributed by atoms with van der Waals surface area (Å²) in [5.74, 6) is 0.0445. The number of hydrogen-bond donors (Lipinski definition) is 2. The van der Waals surface area contributed by atoms with Crippen LogP contribution in [-0.2, 0) is 4.79 Å². The van der Waals surface area contributed by atoms with Crippen LogP contribution in [0.25, 0.3) is 0 Å². The van der Waals surface area contributed by atoms with Crippen LogP contribution < -0.4 is 5.73 Å². The third-order valence-corrected chi connectivity index (χ3v) is 2.81. The Balaban J connectivity index is 4.06. The van der Waals surface area contributed by atoms with Crippen LogP contribution in [0.2, 0.25) is 0 Å². The summed E-state index contributed by atoms with van der Waals surface area (Å²) in [6, 6.07) is -0.131. The summed E-state index contributed by atoms with van der Waals surface area (Å²) in [4.78, 5) is 13.4. The standard InChI is InChI=1S/C12H26N2O2/c1-9(15)6-7-14(5)11(16)8-10(13)12(2,3)4/h9-10,15H,6-8,13H2,1-5H3. The second kappa shape index (κ2) is 6.21. The number of carbonyl (C=O) groups is 1. The van der Waals surface area contributed by atoms with Crippen LogP contribution in [-0.4, -0.2) is 41.7 Å². The Morgan fingerprint density at radius 3 is 2.31 bits per heavy atom. The molecule has 16 heavy (non-hydrogen) atoms. The maximum atomic E-state index is 11.8. The summed E-state index contributed by atoms with van der Waals surface area (Å²) in [5, 5.41) is 9.13. The Hall–Kier alpha value is -0.610. The lowest BCUT2D eigenvalue weighted by atomic mass is 9.85. The van der Waals surface area contributed by atoms with Crippen molar-refractivity contribution >= 4 is 5.91 Å². The van der Waals surface area contributed by atoms with Crippen molar-refractivity contribution in [2.75, 3.05) is 13.6 Å². The molecule has 96 valence electrons. The lowest BCUT2D eigenvalue weighted by molar-refractivity contribution is -0.131. The highest BCUT2D eigenvalue weighted by Gasteiger charge is 2.24. The molecule has 2 atom stereocenters. The fourth-order valence-corrected chi connectivity index (χ4v) is 1.16. The number of nitrogens with two attached hydrogens (primary N) is 1. The van der Waals surface area contributed by atoms with Crippen LogP contribution in [0.1, 0.15) is 40.5 Å². The fourth-order valence-electron chi connectivity index (χ4n) is 1.16. The summed E-state index contributed by atoms with van der Waals surface area (Å²) in [5.41, 5.74) is 5.89. The molecule has 0 aromatic heterocycles. The zero-order valence-corrected chi connectivity index (χ0v) is 11.2. The summed E-state index contributed by atoms with van der Waals surface area (Å²) in [6.07, 6.45) is 0.596. The van der Waals surface area contributed by atoms with Crippen LogP contribution >= 0.6 is 0 Å². The topological polar surface area (TPSA) is 66.6 Å². The predicted octanol–water partition coefficient (Wildman–Crippen LogP) is 0.979. The molecule has 0 fully saturated rings. The number of aliphatic hydroxyl groups is 1. The van der Waals surface area contributed by atoms with Crippen LogP contribution in [0, 0.1) is 5.41 Å². The van der Waals surface area contributed by atoms with Crippen molar-refractivity contribution < 1.29 is 9.90 Å². The van der Waals surface area contributed by atoms with Crippen molar-refractivity contribution in [3.05, 3.63) is 0 Å². The molecule has 4 nitrogen and oxygen atoms in total. The highest BCUT2D eigenvalue weighted by Crippen LogP contribution is 2.20. The zero-order valence-electron chi connectivity index (χ0n) is 11.2. The molecule has 0 saturated heterocycles. The molecule has 0 aromatic rings. The molecule has 0 aliphatic carbocycles. The molecule has 0 rings (SSSR count). The largest absolute Gasteiger partial charge is 0.393 e. The van der Waals surface area contributed by atoms with Crippen LogP contribution in [0.15, 0.2) is 0 Å². The van der Waals surface area contributed by atoms with Crippen LogP contribution in [0.4, 0.5) is 0 Å². The molecule has 3 N–H and O–H groups in total. The van der Waals surface area contributed by atoms with Gasteiger partial charge in [-0.3, -0.25) is 4.79 Å². The molecule has 0 aliphatic rings. The van der Waals surface area contributed by atoms with Gasteiger partial charge in [-0.2, -0.15) is 0 Å². The molecule has 0 aromatic carbocycles. The van der Waals surface area contributed by atoms with E-state index in [0.717, 1.165) is 0 Å². The van der Waals surface area contributed by atoms with Gasteiger partial charge in [0.25, 0.3) is 0 Å². The second-order valence-corrected chi connectivity index (χ2v) is 5.63. The van der Waals surface area contributed by atoms with Crippen molar-refractivity contribution in [1.82, 2.24) is 4.90 Å². The van der Waals surface area contributed by atoms with E-state index in [1.807, 2.05) is 20.8 Å². The first-order valence-electron chi connectivity index (χ1n) is 5.82. The van der Waals surface area contributed by atoms with Crippen molar-refractivity contribution in [1.29, 1.82) is 0 Å². The van der Waals surface area contributed by atoms with E-state index in [1.165, 1.54) is 0 Å². The third-order valence-electron chi connectivity index (χ3n) is 2.81. The number of hydrogen-bond acceptors (Lipinski definition) is 3. The van der Waals surface area contributed by atoms with E-state index in [9.17, 15) is 4.79 Å². The van der Waals surface area contributed by atoms with E-state index < -0.39 is 0 Å². The molecule has 0 bridgehead atoms. The fraction of sp³-hybridized carbons (Fsp3) is 0.917. The zero-order chi connectivity index (χ0) is 12.9. The van der Waals surface area contributed by atoms with Gasteiger partial charge in [0.05, 0.1) is 6.10 Å². The molecular formula is C12H26N2O2. The Morgan fingerprint density at radius 2 is 1.94 bits per heavy atom. The maximum Gasteiger partial charge on any atom is 0.223 e. The molecule has 2 unspecified atom stereocenters. The van der Waals surface area contributed by atoms with Gasteiger partial charge in [0.1, 0.15) is 0 Å². The predicted molar refractivity (Wildman–Crippen MR) is 66.0 cm³/mol. The van der Waals surface area contributed by atoms with Crippen molar-refractivity contribution in [2.24, 2.45) is 11.1 Å². The SMILES string of the molecule is CC(O)CCN(C)C(=O)CC(N)C(C)(C)C. The highest BCUT2D eigenvalue weighted by molar-refractivity contribution is 5.76. The molecule has 0 spiro atoms. The first-order chi connectivity index (χ1) is 7.14. The number of carbonyl (C=O) groups excluding carboxylic acids is 1. The second-order valence-electron chi connectivity index (χ2n) is 5.63. The van der Waals surface area contributed by atoms with E-state index >= 15 is 0 Å². The van der Waals surface area contributed by atoms with E-state index in [-0.39, 0.29) is 23.5 Å². The van der Waals surface area contributed by atoms with Gasteiger partial charge in [-0.25, -0.2) is 0 Å². The lowest BCUT2D eigenvalue weighted by Gasteiger charge is -2.28. The van der Waals surface area contributed by atoms with Gasteiger partial charge in [-0.1, -0.05) is 20.8 Å². The van der Waals surface area contributed by atoms with E-state index in [1.54, 1.807) is 18.9 Å². The minimum absolute atomic E-state index is 0.0445. The van der Waals surface area contributed by atoms with Crippen molar-refractivity contribution in [3.63, 3.8) is 0 Å². The molecular weight excluding hydrogens is 204 g/mol. The summed E-state index contributed by atoms with van der Waals surface area (Å²) in [6.45, 7) is 8.38. The summed E-state index contributed by atoms with van der Waals surface area (Å²) >= 11 is 0. The van der Waals surface area contributed by atoms with E-state index in [0.29, 0.717) is 19.4 Å². The first kappa shape index (κ1) is 15.4. The Labute approximate surface area is 98.8 Å². The molecule has 0 heterocycles. The average Bonchev–Trinajstić information content (AvgIpc) is 2.12. The Bertz CT molecular complexity index is 222. The monoisotopic (exact) mass is 230 g/mol. The number of amides is 1. The number of nitrogens with zero attached hydrogens (tertiary/aromatic N) is 1.